The lowest BCUT2D eigenvalue weighted by molar-refractivity contribution is 0.0921. The van der Waals surface area contributed by atoms with Crippen molar-refractivity contribution in [3.05, 3.63) is 28.8 Å². The number of nitrogens with one attached hydrogen (secondary N) is 1. The molecule has 1 aromatic rings. The van der Waals surface area contributed by atoms with Crippen LogP contribution in [-0.4, -0.2) is 30.8 Å². The Hall–Kier alpha value is -1.26. The maximum Gasteiger partial charge on any atom is 0.255 e. The van der Waals surface area contributed by atoms with Crippen molar-refractivity contribution in [1.29, 1.82) is 0 Å². The van der Waals surface area contributed by atoms with Crippen LogP contribution in [0.1, 0.15) is 17.3 Å². The summed E-state index contributed by atoms with van der Waals surface area (Å²) in [5, 5.41) is 12.1. The van der Waals surface area contributed by atoms with Crippen molar-refractivity contribution in [2.45, 2.75) is 13.0 Å². The number of aliphatic hydroxyl groups is 1. The Morgan fingerprint density at radius 2 is 2.31 bits per heavy atom. The van der Waals surface area contributed by atoms with E-state index in [4.69, 9.17) is 21.4 Å². The molecule has 1 unspecified atom stereocenters. The van der Waals surface area contributed by atoms with E-state index >= 15 is 0 Å². The van der Waals surface area contributed by atoms with Crippen LogP contribution in [-0.2, 0) is 0 Å². The van der Waals surface area contributed by atoms with Crippen LogP contribution >= 0.6 is 11.6 Å². The van der Waals surface area contributed by atoms with E-state index in [1.54, 1.807) is 25.1 Å². The lowest BCUT2D eigenvalue weighted by Gasteiger charge is -2.10. The average molecular weight is 244 g/mol. The van der Waals surface area contributed by atoms with E-state index in [2.05, 4.69) is 5.32 Å². The third-order valence-electron chi connectivity index (χ3n) is 1.97. The molecule has 0 aliphatic heterocycles. The number of hydrogen-bond donors (Lipinski definition) is 2. The molecule has 1 aromatic carbocycles. The fourth-order valence-electron chi connectivity index (χ4n) is 1.19. The number of hydrogen-bond acceptors (Lipinski definition) is 3. The van der Waals surface area contributed by atoms with Crippen LogP contribution in [0.4, 0.5) is 0 Å². The van der Waals surface area contributed by atoms with Gasteiger partial charge in [-0.3, -0.25) is 4.79 Å². The van der Waals surface area contributed by atoms with Gasteiger partial charge in [0.1, 0.15) is 5.75 Å². The summed E-state index contributed by atoms with van der Waals surface area (Å²) in [4.78, 5) is 11.7. The Bertz CT molecular complexity index is 379. The molecule has 0 spiro atoms. The molecule has 16 heavy (non-hydrogen) atoms. The zero-order valence-corrected chi connectivity index (χ0v) is 9.91. The topological polar surface area (TPSA) is 58.6 Å². The van der Waals surface area contributed by atoms with Gasteiger partial charge in [-0.15, -0.1) is 0 Å². The highest BCUT2D eigenvalue weighted by Crippen LogP contribution is 2.22. The monoisotopic (exact) mass is 243 g/mol. The first-order valence-corrected chi connectivity index (χ1v) is 5.22. The second kappa shape index (κ2) is 5.72. The largest absolute Gasteiger partial charge is 0.496 e. The zero-order valence-electron chi connectivity index (χ0n) is 9.16. The van der Waals surface area contributed by atoms with Crippen molar-refractivity contribution in [2.75, 3.05) is 13.7 Å². The number of ether oxygens (including phenoxy) is 1. The number of carbonyl (C=O) groups is 1. The third kappa shape index (κ3) is 3.40. The smallest absolute Gasteiger partial charge is 0.255 e. The predicted octanol–water partition coefficient (Wildman–Crippen LogP) is 1.46. The van der Waals surface area contributed by atoms with E-state index < -0.39 is 6.10 Å². The van der Waals surface area contributed by atoms with Gasteiger partial charge in [0.25, 0.3) is 5.91 Å². The highest BCUT2D eigenvalue weighted by atomic mass is 35.5. The molecule has 2 N–H and O–H groups in total. The molecule has 0 radical (unpaired) electrons. The summed E-state index contributed by atoms with van der Waals surface area (Å²) in [5.74, 6) is 0.116. The third-order valence-corrected chi connectivity index (χ3v) is 2.20. The molecule has 0 fully saturated rings. The van der Waals surface area contributed by atoms with E-state index in [9.17, 15) is 4.79 Å². The van der Waals surface area contributed by atoms with Gasteiger partial charge in [-0.1, -0.05) is 11.6 Å². The van der Waals surface area contributed by atoms with Crippen LogP contribution in [0.3, 0.4) is 0 Å². The van der Waals surface area contributed by atoms with E-state index in [1.165, 1.54) is 7.11 Å². The number of amides is 1. The number of benzene rings is 1. The first-order chi connectivity index (χ1) is 7.54. The minimum Gasteiger partial charge on any atom is -0.496 e. The molecule has 0 bridgehead atoms. The molecule has 0 heterocycles. The van der Waals surface area contributed by atoms with Gasteiger partial charge in [0, 0.05) is 11.6 Å². The normalized spacial score (nSPS) is 12.0. The molecule has 1 rings (SSSR count). The van der Waals surface area contributed by atoms with Crippen LogP contribution in [0.5, 0.6) is 5.75 Å². The van der Waals surface area contributed by atoms with Crippen LogP contribution < -0.4 is 10.1 Å². The molecule has 5 heteroatoms. The van der Waals surface area contributed by atoms with Crippen molar-refractivity contribution in [2.24, 2.45) is 0 Å². The van der Waals surface area contributed by atoms with Crippen molar-refractivity contribution in [3.8, 4) is 5.75 Å². The Morgan fingerprint density at radius 1 is 1.62 bits per heavy atom. The van der Waals surface area contributed by atoms with Gasteiger partial charge in [-0.05, 0) is 25.1 Å². The summed E-state index contributed by atoms with van der Waals surface area (Å²) in [5.41, 5.74) is 0.396. The molecule has 0 aromatic heterocycles. The number of rotatable bonds is 4. The fraction of sp³-hybridized carbons (Fsp3) is 0.364. The Labute approximate surface area is 99.2 Å². The minimum absolute atomic E-state index is 0.199. The molecule has 1 atom stereocenters. The standard InChI is InChI=1S/C11H14ClNO3/c1-7(14)6-13-11(15)9-4-3-8(12)5-10(9)16-2/h3-5,7,14H,6H2,1-2H3,(H,13,15). The lowest BCUT2D eigenvalue weighted by Crippen LogP contribution is -2.30. The minimum atomic E-state index is -0.581. The van der Waals surface area contributed by atoms with Crippen molar-refractivity contribution in [1.82, 2.24) is 5.32 Å². The molecule has 0 aliphatic rings. The van der Waals surface area contributed by atoms with Gasteiger partial charge in [0.2, 0.25) is 0 Å². The van der Waals surface area contributed by atoms with Crippen molar-refractivity contribution < 1.29 is 14.6 Å². The summed E-state index contributed by atoms with van der Waals surface area (Å²) in [6.45, 7) is 1.80. The highest BCUT2D eigenvalue weighted by Gasteiger charge is 2.12. The summed E-state index contributed by atoms with van der Waals surface area (Å²) in [6, 6.07) is 4.76. The van der Waals surface area contributed by atoms with Gasteiger partial charge < -0.3 is 15.2 Å². The maximum atomic E-state index is 11.7. The second-order valence-electron chi connectivity index (χ2n) is 3.40. The fourth-order valence-corrected chi connectivity index (χ4v) is 1.35. The molecule has 0 aliphatic carbocycles. The van der Waals surface area contributed by atoms with E-state index in [0.29, 0.717) is 16.3 Å². The predicted molar refractivity (Wildman–Crippen MR) is 62.0 cm³/mol. The molecule has 0 saturated carbocycles. The first kappa shape index (κ1) is 12.8. The molecule has 0 saturated heterocycles. The highest BCUT2D eigenvalue weighted by molar-refractivity contribution is 6.30. The Morgan fingerprint density at radius 3 is 2.88 bits per heavy atom. The Kier molecular flexibility index (Phi) is 4.58. The van der Waals surface area contributed by atoms with Crippen LogP contribution in [0, 0.1) is 0 Å². The number of halogens is 1. The second-order valence-corrected chi connectivity index (χ2v) is 3.84. The van der Waals surface area contributed by atoms with Gasteiger partial charge in [0.15, 0.2) is 0 Å². The SMILES string of the molecule is COc1cc(Cl)ccc1C(=O)NCC(C)O. The summed E-state index contributed by atoms with van der Waals surface area (Å²) >= 11 is 5.78. The van der Waals surface area contributed by atoms with Crippen LogP contribution in [0.2, 0.25) is 5.02 Å². The van der Waals surface area contributed by atoms with Crippen LogP contribution in [0.25, 0.3) is 0 Å². The van der Waals surface area contributed by atoms with Gasteiger partial charge >= 0.3 is 0 Å². The number of aliphatic hydroxyl groups excluding tert-OH is 1. The van der Waals surface area contributed by atoms with Gasteiger partial charge in [-0.25, -0.2) is 0 Å². The molecule has 88 valence electrons. The van der Waals surface area contributed by atoms with E-state index in [-0.39, 0.29) is 12.5 Å². The average Bonchev–Trinajstić information content (AvgIpc) is 2.25. The van der Waals surface area contributed by atoms with Crippen molar-refractivity contribution >= 4 is 17.5 Å². The summed E-state index contributed by atoms with van der Waals surface area (Å²) < 4.78 is 5.05. The quantitative estimate of drug-likeness (QED) is 0.842. The summed E-state index contributed by atoms with van der Waals surface area (Å²) in [6.07, 6.45) is -0.581. The molecule has 1 amide bonds. The molecular weight excluding hydrogens is 230 g/mol. The first-order valence-electron chi connectivity index (χ1n) is 4.84. The van der Waals surface area contributed by atoms with Gasteiger partial charge in [-0.2, -0.15) is 0 Å². The van der Waals surface area contributed by atoms with E-state index in [0.717, 1.165) is 0 Å². The molecular formula is C11H14ClNO3. The van der Waals surface area contributed by atoms with Crippen molar-refractivity contribution in [3.63, 3.8) is 0 Å². The van der Waals surface area contributed by atoms with Gasteiger partial charge in [0.05, 0.1) is 18.8 Å². The van der Waals surface area contributed by atoms with Crippen LogP contribution in [0.15, 0.2) is 18.2 Å². The number of carbonyl (C=O) groups excluding carboxylic acids is 1. The number of methoxy groups -OCH3 is 1. The molecule has 4 nitrogen and oxygen atoms in total. The summed E-state index contributed by atoms with van der Waals surface area (Å²) in [7, 11) is 1.47. The van der Waals surface area contributed by atoms with E-state index in [1.807, 2.05) is 0 Å². The zero-order chi connectivity index (χ0) is 12.1. The lowest BCUT2D eigenvalue weighted by atomic mass is 10.2. The maximum absolute atomic E-state index is 11.7. The Balaban J connectivity index is 2.82.